The second-order valence-electron chi connectivity index (χ2n) is 11.5. The lowest BCUT2D eigenvalue weighted by Crippen LogP contribution is -2.22. The highest BCUT2D eigenvalue weighted by Gasteiger charge is 2.34. The van der Waals surface area contributed by atoms with Gasteiger partial charge in [-0.2, -0.15) is 0 Å². The molecule has 1 fully saturated rings. The summed E-state index contributed by atoms with van der Waals surface area (Å²) < 4.78 is 6.59. The minimum atomic E-state index is -0.256. The van der Waals surface area contributed by atoms with E-state index >= 15 is 0 Å². The van der Waals surface area contributed by atoms with E-state index in [4.69, 9.17) is 4.74 Å². The van der Waals surface area contributed by atoms with Crippen LogP contribution in [0.2, 0.25) is 0 Å². The van der Waals surface area contributed by atoms with Gasteiger partial charge in [0.2, 0.25) is 0 Å². The molecule has 0 aliphatic heterocycles. The maximum Gasteiger partial charge on any atom is 0.123 e. The quantitative estimate of drug-likeness (QED) is 0.188. The van der Waals surface area contributed by atoms with Crippen LogP contribution < -0.4 is 4.74 Å². The molecule has 0 radical (unpaired) electrons. The van der Waals surface area contributed by atoms with Crippen molar-refractivity contribution in [3.63, 3.8) is 0 Å². The van der Waals surface area contributed by atoms with Crippen LogP contribution in [0.5, 0.6) is 5.75 Å². The van der Waals surface area contributed by atoms with Gasteiger partial charge in [0, 0.05) is 0 Å². The molecule has 0 amide bonds. The van der Waals surface area contributed by atoms with E-state index in [9.17, 15) is 5.11 Å². The first kappa shape index (κ1) is 27.5. The van der Waals surface area contributed by atoms with Gasteiger partial charge in [-0.3, -0.25) is 0 Å². The van der Waals surface area contributed by atoms with Crippen molar-refractivity contribution >= 4 is 0 Å². The molecule has 0 heterocycles. The van der Waals surface area contributed by atoms with Crippen LogP contribution in [0.4, 0.5) is 0 Å². The minimum Gasteiger partial charge on any atom is -0.489 e. The Morgan fingerprint density at radius 2 is 1.83 bits per heavy atom. The van der Waals surface area contributed by atoms with E-state index in [0.29, 0.717) is 18.4 Å². The van der Waals surface area contributed by atoms with Crippen LogP contribution in [-0.2, 0) is 12.0 Å². The van der Waals surface area contributed by atoms with Crippen LogP contribution in [0.1, 0.15) is 108 Å². The van der Waals surface area contributed by atoms with Crippen LogP contribution in [0, 0.1) is 11.8 Å². The van der Waals surface area contributed by atoms with E-state index in [1.165, 1.54) is 48.8 Å². The number of rotatable bonds is 12. The lowest BCUT2D eigenvalue weighted by atomic mass is 9.74. The molecule has 3 rings (SSSR count). The van der Waals surface area contributed by atoms with Gasteiger partial charge < -0.3 is 9.84 Å². The summed E-state index contributed by atoms with van der Waals surface area (Å²) in [5.74, 6) is 2.28. The van der Waals surface area contributed by atoms with E-state index in [2.05, 4.69) is 82.8 Å². The molecule has 192 valence electrons. The highest BCUT2D eigenvalue weighted by Crippen LogP contribution is 2.46. The number of allylic oxidation sites excluding steroid dienone is 1. The maximum atomic E-state index is 10.8. The Labute approximate surface area is 214 Å². The molecule has 1 saturated carbocycles. The number of aliphatic hydroxyl groups is 1. The Morgan fingerprint density at radius 3 is 2.54 bits per heavy atom. The van der Waals surface area contributed by atoms with Crippen LogP contribution in [0.3, 0.4) is 0 Å². The summed E-state index contributed by atoms with van der Waals surface area (Å²) >= 11 is 0. The average Bonchev–Trinajstić information content (AvgIpc) is 2.99. The normalized spacial score (nSPS) is 23.0. The number of hydrogen-bond donors (Lipinski definition) is 1. The van der Waals surface area contributed by atoms with Crippen LogP contribution in [-0.4, -0.2) is 11.2 Å². The van der Waals surface area contributed by atoms with Gasteiger partial charge in [0.25, 0.3) is 0 Å². The van der Waals surface area contributed by atoms with E-state index in [1.807, 2.05) is 6.07 Å². The summed E-state index contributed by atoms with van der Waals surface area (Å²) in [6.45, 7) is 14.0. The summed E-state index contributed by atoms with van der Waals surface area (Å²) in [6.07, 6.45) is 11.9. The maximum absolute atomic E-state index is 10.8. The van der Waals surface area contributed by atoms with Crippen LogP contribution in [0.25, 0.3) is 0 Å². The fraction of sp³-hybridized carbons (Fsp3) is 0.576. The number of unbranched alkanes of at least 4 members (excludes halogenated alkanes) is 3. The summed E-state index contributed by atoms with van der Waals surface area (Å²) in [5.41, 5.74) is 3.89. The topological polar surface area (TPSA) is 29.5 Å². The molecule has 0 bridgehead atoms. The molecule has 35 heavy (non-hydrogen) atoms. The first-order valence-electron chi connectivity index (χ1n) is 14.0. The summed E-state index contributed by atoms with van der Waals surface area (Å²) in [4.78, 5) is 0. The van der Waals surface area contributed by atoms with E-state index in [1.54, 1.807) is 0 Å². The van der Waals surface area contributed by atoms with Crippen molar-refractivity contribution in [2.45, 2.75) is 110 Å². The Bertz CT molecular complexity index is 901. The van der Waals surface area contributed by atoms with Gasteiger partial charge in [-0.15, -0.1) is 6.58 Å². The smallest absolute Gasteiger partial charge is 0.123 e. The zero-order chi connectivity index (χ0) is 25.3. The van der Waals surface area contributed by atoms with Crippen molar-refractivity contribution < 1.29 is 9.84 Å². The first-order valence-corrected chi connectivity index (χ1v) is 14.0. The third kappa shape index (κ3) is 7.71. The highest BCUT2D eigenvalue weighted by atomic mass is 16.5. The van der Waals surface area contributed by atoms with Gasteiger partial charge in [-0.1, -0.05) is 102 Å². The molecule has 1 N–H and O–H groups in total. The highest BCUT2D eigenvalue weighted by molar-refractivity contribution is 5.43. The Morgan fingerprint density at radius 1 is 1.06 bits per heavy atom. The SMILES string of the molecule is C=CCC1C(C)CCC(O)CC1c1ccc(C(C)(C)CCCCCC)cc1OCc1ccccc1. The summed E-state index contributed by atoms with van der Waals surface area (Å²) in [6, 6.07) is 17.4. The van der Waals surface area contributed by atoms with Crippen molar-refractivity contribution in [1.29, 1.82) is 0 Å². The molecule has 1 aliphatic rings. The Balaban J connectivity index is 1.95. The number of ether oxygens (including phenoxy) is 1. The van der Waals surface area contributed by atoms with Gasteiger partial charge in [0.05, 0.1) is 6.10 Å². The van der Waals surface area contributed by atoms with Gasteiger partial charge in [-0.25, -0.2) is 0 Å². The molecule has 1 aliphatic carbocycles. The standard InChI is InChI=1S/C33H48O2/c1-6-8-9-13-21-33(4,5)27-18-20-30(32(22-27)35-24-26-15-11-10-12-16-26)31-23-28(34)19-17-25(3)29(31)14-7-2/h7,10-12,15-16,18,20,22,25,28-29,31,34H,2,6,8-9,13-14,17,19,21,23-24H2,1,3-5H3. The fourth-order valence-corrected chi connectivity index (χ4v) is 5.86. The zero-order valence-electron chi connectivity index (χ0n) is 22.6. The lowest BCUT2D eigenvalue weighted by Gasteiger charge is -2.32. The molecular weight excluding hydrogens is 428 g/mol. The second kappa shape index (κ2) is 13.3. The molecule has 0 spiro atoms. The molecule has 4 atom stereocenters. The van der Waals surface area contributed by atoms with Crippen molar-refractivity contribution in [3.05, 3.63) is 77.9 Å². The van der Waals surface area contributed by atoms with Crippen molar-refractivity contribution in [1.82, 2.24) is 0 Å². The predicted octanol–water partition coefficient (Wildman–Crippen LogP) is 8.97. The summed E-state index contributed by atoms with van der Waals surface area (Å²) in [7, 11) is 0. The minimum absolute atomic E-state index is 0.105. The molecule has 2 nitrogen and oxygen atoms in total. The molecule has 2 aromatic carbocycles. The van der Waals surface area contributed by atoms with E-state index < -0.39 is 0 Å². The fourth-order valence-electron chi connectivity index (χ4n) is 5.86. The molecule has 2 heteroatoms. The van der Waals surface area contributed by atoms with Crippen molar-refractivity contribution in [2.24, 2.45) is 11.8 Å². The van der Waals surface area contributed by atoms with Crippen LogP contribution in [0.15, 0.2) is 61.2 Å². The molecule has 0 saturated heterocycles. The predicted molar refractivity (Wildman–Crippen MR) is 149 cm³/mol. The van der Waals surface area contributed by atoms with Crippen molar-refractivity contribution in [2.75, 3.05) is 0 Å². The van der Waals surface area contributed by atoms with Gasteiger partial charge >= 0.3 is 0 Å². The lowest BCUT2D eigenvalue weighted by molar-refractivity contribution is 0.148. The Hall–Kier alpha value is -2.06. The largest absolute Gasteiger partial charge is 0.489 e. The summed E-state index contributed by atoms with van der Waals surface area (Å²) in [5, 5.41) is 10.8. The average molecular weight is 477 g/mol. The van der Waals surface area contributed by atoms with Gasteiger partial charge in [-0.05, 0) is 78.0 Å². The molecular formula is C33H48O2. The Kier molecular flexibility index (Phi) is 10.5. The first-order chi connectivity index (χ1) is 16.9. The third-order valence-electron chi connectivity index (χ3n) is 8.25. The van der Waals surface area contributed by atoms with Gasteiger partial charge in [0.1, 0.15) is 12.4 Å². The van der Waals surface area contributed by atoms with Gasteiger partial charge in [0.15, 0.2) is 0 Å². The van der Waals surface area contributed by atoms with Crippen molar-refractivity contribution in [3.8, 4) is 5.75 Å². The number of benzene rings is 2. The molecule has 4 unspecified atom stereocenters. The number of aliphatic hydroxyl groups excluding tert-OH is 1. The zero-order valence-corrected chi connectivity index (χ0v) is 22.6. The van der Waals surface area contributed by atoms with E-state index in [0.717, 1.165) is 31.4 Å². The monoisotopic (exact) mass is 476 g/mol. The van der Waals surface area contributed by atoms with Crippen LogP contribution >= 0.6 is 0 Å². The number of hydrogen-bond acceptors (Lipinski definition) is 2. The third-order valence-corrected chi connectivity index (χ3v) is 8.25. The molecule has 0 aromatic heterocycles. The second-order valence-corrected chi connectivity index (χ2v) is 11.5. The van der Waals surface area contributed by atoms with E-state index in [-0.39, 0.29) is 17.4 Å². The molecule has 2 aromatic rings.